The molecule has 1 aromatic heterocycles. The highest BCUT2D eigenvalue weighted by molar-refractivity contribution is 7.91. The van der Waals surface area contributed by atoms with E-state index >= 15 is 0 Å². The van der Waals surface area contributed by atoms with Gasteiger partial charge in [-0.1, -0.05) is 0 Å². The van der Waals surface area contributed by atoms with Crippen molar-refractivity contribution < 1.29 is 18.3 Å². The molecule has 1 unspecified atom stereocenters. The maximum atomic E-state index is 11.6. The van der Waals surface area contributed by atoms with Gasteiger partial charge in [-0.15, -0.1) is 11.3 Å². The number of aryl methyl sites for hydroxylation is 1. The van der Waals surface area contributed by atoms with Gasteiger partial charge in [0.05, 0.1) is 0 Å². The number of aliphatic hydroxyl groups excluding tert-OH is 1. The first-order chi connectivity index (χ1) is 7.33. The quantitative estimate of drug-likeness (QED) is 0.645. The topological polar surface area (TPSA) is 109 Å². The molecule has 90 valence electrons. The Morgan fingerprint density at radius 1 is 1.62 bits per heavy atom. The first-order valence-electron chi connectivity index (χ1n) is 4.36. The van der Waals surface area contributed by atoms with Gasteiger partial charge in [0.2, 0.25) is 15.9 Å². The summed E-state index contributed by atoms with van der Waals surface area (Å²) in [6, 6.07) is 3.13. The van der Waals surface area contributed by atoms with Crippen molar-refractivity contribution >= 4 is 27.3 Å². The van der Waals surface area contributed by atoms with Crippen molar-refractivity contribution in [2.24, 2.45) is 5.73 Å². The van der Waals surface area contributed by atoms with Crippen molar-refractivity contribution in [3.05, 3.63) is 17.0 Å². The van der Waals surface area contributed by atoms with Crippen molar-refractivity contribution in [2.75, 3.05) is 6.54 Å². The molecule has 0 fully saturated rings. The summed E-state index contributed by atoms with van der Waals surface area (Å²) in [5.41, 5.74) is 4.79. The molecular weight excluding hydrogens is 252 g/mol. The van der Waals surface area contributed by atoms with Gasteiger partial charge in [-0.05, 0) is 19.1 Å². The van der Waals surface area contributed by atoms with Gasteiger partial charge in [0.15, 0.2) is 0 Å². The Balaban J connectivity index is 2.70. The van der Waals surface area contributed by atoms with E-state index in [0.717, 1.165) is 16.2 Å². The summed E-state index contributed by atoms with van der Waals surface area (Å²) >= 11 is 1.11. The summed E-state index contributed by atoms with van der Waals surface area (Å²) in [5.74, 6) is -0.968. The lowest BCUT2D eigenvalue weighted by molar-refractivity contribution is -0.125. The molecule has 1 aromatic rings. The third kappa shape index (κ3) is 3.27. The maximum absolute atomic E-state index is 11.6. The fraction of sp³-hybridized carbons (Fsp3) is 0.375. The lowest BCUT2D eigenvalue weighted by Crippen LogP contribution is -2.39. The van der Waals surface area contributed by atoms with Crippen molar-refractivity contribution in [1.82, 2.24) is 4.72 Å². The van der Waals surface area contributed by atoms with E-state index in [1.165, 1.54) is 6.07 Å². The van der Waals surface area contributed by atoms with E-state index < -0.39 is 28.6 Å². The van der Waals surface area contributed by atoms with Gasteiger partial charge in [-0.3, -0.25) is 4.79 Å². The van der Waals surface area contributed by atoms with Gasteiger partial charge in [-0.25, -0.2) is 13.1 Å². The largest absolute Gasteiger partial charge is 0.382 e. The zero-order chi connectivity index (χ0) is 12.3. The fourth-order valence-electron chi connectivity index (χ4n) is 0.917. The lowest BCUT2D eigenvalue weighted by atomic mass is 10.3. The van der Waals surface area contributed by atoms with E-state index in [0.29, 0.717) is 0 Å². The van der Waals surface area contributed by atoms with Crippen LogP contribution in [0.3, 0.4) is 0 Å². The highest BCUT2D eigenvalue weighted by Gasteiger charge is 2.19. The standard InChI is InChI=1S/C8H12N2O4S2/c1-5-2-3-7(15-5)16(13,14)10-4-6(11)8(9)12/h2-3,6,10-11H,4H2,1H3,(H2,9,12). The second-order valence-corrected chi connectivity index (χ2v) is 6.42. The minimum Gasteiger partial charge on any atom is -0.382 e. The molecular formula is C8H12N2O4S2. The predicted octanol–water partition coefficient (Wildman–Crippen LogP) is -0.819. The van der Waals surface area contributed by atoms with Crippen molar-refractivity contribution in [3.63, 3.8) is 0 Å². The predicted molar refractivity (Wildman–Crippen MR) is 59.4 cm³/mol. The number of hydrogen-bond donors (Lipinski definition) is 3. The number of aliphatic hydroxyl groups is 1. The zero-order valence-electron chi connectivity index (χ0n) is 8.50. The highest BCUT2D eigenvalue weighted by Crippen LogP contribution is 2.19. The van der Waals surface area contributed by atoms with E-state index in [4.69, 9.17) is 10.8 Å². The van der Waals surface area contributed by atoms with Crippen LogP contribution in [0, 0.1) is 6.92 Å². The van der Waals surface area contributed by atoms with E-state index in [9.17, 15) is 13.2 Å². The number of carbonyl (C=O) groups excluding carboxylic acids is 1. The van der Waals surface area contributed by atoms with Gasteiger partial charge in [0.25, 0.3) is 0 Å². The summed E-state index contributed by atoms with van der Waals surface area (Å²) in [4.78, 5) is 11.4. The molecule has 0 aliphatic heterocycles. The van der Waals surface area contributed by atoms with Crippen LogP contribution in [0.15, 0.2) is 16.3 Å². The monoisotopic (exact) mass is 264 g/mol. The Labute approximate surface area is 97.1 Å². The number of amides is 1. The van der Waals surface area contributed by atoms with E-state index in [1.54, 1.807) is 13.0 Å². The Kier molecular flexibility index (Phi) is 4.03. The molecule has 0 aromatic carbocycles. The SMILES string of the molecule is Cc1ccc(S(=O)(=O)NCC(O)C(N)=O)s1. The van der Waals surface area contributed by atoms with E-state index in [2.05, 4.69) is 4.72 Å². The average Bonchev–Trinajstić information content (AvgIpc) is 2.61. The molecule has 0 radical (unpaired) electrons. The Hall–Kier alpha value is -0.960. The Morgan fingerprint density at radius 3 is 2.69 bits per heavy atom. The van der Waals surface area contributed by atoms with Crippen LogP contribution in [-0.2, 0) is 14.8 Å². The minimum absolute atomic E-state index is 0.140. The molecule has 0 aliphatic rings. The molecule has 1 heterocycles. The molecule has 8 heteroatoms. The zero-order valence-corrected chi connectivity index (χ0v) is 10.1. The normalized spacial score (nSPS) is 13.6. The summed E-state index contributed by atoms with van der Waals surface area (Å²) < 4.78 is 25.5. The van der Waals surface area contributed by atoms with Gasteiger partial charge >= 0.3 is 0 Å². The lowest BCUT2D eigenvalue weighted by Gasteiger charge is -2.07. The van der Waals surface area contributed by atoms with E-state index in [-0.39, 0.29) is 4.21 Å². The van der Waals surface area contributed by atoms with Gasteiger partial charge in [0.1, 0.15) is 10.3 Å². The smallest absolute Gasteiger partial charge is 0.250 e. The molecule has 0 aliphatic carbocycles. The molecule has 1 atom stereocenters. The first-order valence-corrected chi connectivity index (χ1v) is 6.66. The minimum atomic E-state index is -3.67. The number of primary amides is 1. The Morgan fingerprint density at radius 2 is 2.25 bits per heavy atom. The second kappa shape index (κ2) is 4.91. The number of thiophene rings is 1. The van der Waals surface area contributed by atoms with Crippen LogP contribution in [-0.4, -0.2) is 32.1 Å². The average molecular weight is 264 g/mol. The molecule has 6 nitrogen and oxygen atoms in total. The van der Waals surface area contributed by atoms with Crippen LogP contribution in [0.4, 0.5) is 0 Å². The highest BCUT2D eigenvalue weighted by atomic mass is 32.2. The molecule has 1 rings (SSSR count). The molecule has 0 saturated heterocycles. The van der Waals surface area contributed by atoms with Crippen LogP contribution in [0.1, 0.15) is 4.88 Å². The van der Waals surface area contributed by atoms with Crippen LogP contribution in [0.25, 0.3) is 0 Å². The third-order valence-corrected chi connectivity index (χ3v) is 4.69. The van der Waals surface area contributed by atoms with Gasteiger partial charge < -0.3 is 10.8 Å². The molecule has 4 N–H and O–H groups in total. The molecule has 16 heavy (non-hydrogen) atoms. The van der Waals surface area contributed by atoms with Crippen molar-refractivity contribution in [2.45, 2.75) is 17.2 Å². The van der Waals surface area contributed by atoms with Gasteiger partial charge in [0, 0.05) is 11.4 Å². The Bertz CT molecular complexity index is 480. The number of nitrogens with one attached hydrogen (secondary N) is 1. The summed E-state index contributed by atoms with van der Waals surface area (Å²) in [5, 5.41) is 9.04. The molecule has 1 amide bonds. The summed E-state index contributed by atoms with van der Waals surface area (Å²) in [7, 11) is -3.67. The van der Waals surface area contributed by atoms with Gasteiger partial charge in [-0.2, -0.15) is 0 Å². The van der Waals surface area contributed by atoms with Crippen LogP contribution < -0.4 is 10.5 Å². The molecule has 0 spiro atoms. The fourth-order valence-corrected chi connectivity index (χ4v) is 3.28. The number of hydrogen-bond acceptors (Lipinski definition) is 5. The summed E-state index contributed by atoms with van der Waals surface area (Å²) in [6.07, 6.45) is -1.52. The number of nitrogens with two attached hydrogens (primary N) is 1. The molecule has 0 saturated carbocycles. The number of carbonyl (C=O) groups is 1. The second-order valence-electron chi connectivity index (χ2n) is 3.14. The third-order valence-electron chi connectivity index (χ3n) is 1.78. The van der Waals surface area contributed by atoms with E-state index in [1.807, 2.05) is 0 Å². The number of sulfonamides is 1. The van der Waals surface area contributed by atoms with Crippen molar-refractivity contribution in [3.8, 4) is 0 Å². The maximum Gasteiger partial charge on any atom is 0.250 e. The van der Waals surface area contributed by atoms with Crippen molar-refractivity contribution in [1.29, 1.82) is 0 Å². The molecule has 0 bridgehead atoms. The van der Waals surface area contributed by atoms with Crippen LogP contribution in [0.5, 0.6) is 0 Å². The van der Waals surface area contributed by atoms with Crippen LogP contribution in [0.2, 0.25) is 0 Å². The van der Waals surface area contributed by atoms with Crippen LogP contribution >= 0.6 is 11.3 Å². The summed E-state index contributed by atoms with van der Waals surface area (Å²) in [6.45, 7) is 1.36. The first kappa shape index (κ1) is 13.1. The number of rotatable bonds is 5.